The Kier molecular flexibility index (Phi) is 4.40. The summed E-state index contributed by atoms with van der Waals surface area (Å²) >= 11 is 0. The molecule has 0 heterocycles. The molecule has 0 N–H and O–H groups in total. The van der Waals surface area contributed by atoms with Gasteiger partial charge >= 0.3 is 5.97 Å². The van der Waals surface area contributed by atoms with Gasteiger partial charge in [-0.25, -0.2) is 0 Å². The third-order valence-corrected chi connectivity index (χ3v) is 4.09. The Morgan fingerprint density at radius 2 is 1.77 bits per heavy atom. The number of allylic oxidation sites excluding steroid dienone is 1. The van der Waals surface area contributed by atoms with Crippen molar-refractivity contribution in [2.45, 2.75) is 46.1 Å². The Bertz CT molecular complexity index is 213. The molecule has 0 aliphatic rings. The van der Waals surface area contributed by atoms with Gasteiger partial charge < -0.3 is 4.74 Å². The largest absolute Gasteiger partial charge is 0.462 e. The molecule has 3 heteroatoms. The molecule has 0 spiro atoms. The van der Waals surface area contributed by atoms with Crippen LogP contribution in [0.2, 0.25) is 19.6 Å². The molecule has 0 saturated carbocycles. The van der Waals surface area contributed by atoms with Crippen LogP contribution in [0.1, 0.15) is 20.8 Å². The van der Waals surface area contributed by atoms with Crippen LogP contribution in [0.4, 0.5) is 0 Å². The number of ether oxygens (including phenoxy) is 1. The summed E-state index contributed by atoms with van der Waals surface area (Å²) in [4.78, 5) is 10.9. The lowest BCUT2D eigenvalue weighted by atomic mass is 10.3. The minimum Gasteiger partial charge on any atom is -0.462 e. The van der Waals surface area contributed by atoms with E-state index in [0.29, 0.717) is 0 Å². The zero-order chi connectivity index (χ0) is 10.6. The highest BCUT2D eigenvalue weighted by molar-refractivity contribution is 6.78. The van der Waals surface area contributed by atoms with Crippen molar-refractivity contribution in [3.05, 3.63) is 11.6 Å². The Morgan fingerprint density at radius 3 is 2.00 bits per heavy atom. The number of esters is 1. The molecular weight excluding hydrogens is 180 g/mol. The summed E-state index contributed by atoms with van der Waals surface area (Å²) in [7, 11) is -1.44. The summed E-state index contributed by atoms with van der Waals surface area (Å²) < 4.78 is 5.32. The van der Waals surface area contributed by atoms with Crippen LogP contribution >= 0.6 is 0 Å². The Balaban J connectivity index is 4.67. The maximum Gasteiger partial charge on any atom is 0.302 e. The standard InChI is InChI=1S/C10H20O2Si/c1-7-8(2)10(12-9(3)11)13(4,5)6/h7,10H,1-6H3/b8-7+. The topological polar surface area (TPSA) is 26.3 Å². The fraction of sp³-hybridized carbons (Fsp3) is 0.700. The van der Waals surface area contributed by atoms with Crippen LogP contribution in [-0.4, -0.2) is 19.8 Å². The predicted molar refractivity (Wildman–Crippen MR) is 58.3 cm³/mol. The third kappa shape index (κ3) is 4.27. The molecule has 0 aliphatic carbocycles. The van der Waals surface area contributed by atoms with E-state index < -0.39 is 8.07 Å². The molecule has 0 aromatic heterocycles. The normalized spacial score (nSPS) is 15.4. The van der Waals surface area contributed by atoms with Gasteiger partial charge in [0.15, 0.2) is 0 Å². The Hall–Kier alpha value is -0.573. The van der Waals surface area contributed by atoms with E-state index in [2.05, 4.69) is 19.6 Å². The third-order valence-electron chi connectivity index (χ3n) is 1.94. The van der Waals surface area contributed by atoms with Gasteiger partial charge in [0.1, 0.15) is 5.73 Å². The van der Waals surface area contributed by atoms with E-state index in [4.69, 9.17) is 4.74 Å². The molecule has 1 unspecified atom stereocenters. The Labute approximate surface area is 82.0 Å². The van der Waals surface area contributed by atoms with Crippen LogP contribution in [0, 0.1) is 0 Å². The van der Waals surface area contributed by atoms with E-state index in [1.54, 1.807) is 0 Å². The second-order valence-electron chi connectivity index (χ2n) is 4.39. The zero-order valence-electron chi connectivity index (χ0n) is 9.47. The van der Waals surface area contributed by atoms with Gasteiger partial charge in [-0.15, -0.1) is 0 Å². The highest BCUT2D eigenvalue weighted by Crippen LogP contribution is 2.19. The maximum absolute atomic E-state index is 10.9. The van der Waals surface area contributed by atoms with E-state index in [0.717, 1.165) is 5.57 Å². The highest BCUT2D eigenvalue weighted by Gasteiger charge is 2.30. The number of hydrogen-bond acceptors (Lipinski definition) is 2. The monoisotopic (exact) mass is 200 g/mol. The van der Waals surface area contributed by atoms with E-state index in [1.165, 1.54) is 6.92 Å². The van der Waals surface area contributed by atoms with Gasteiger partial charge in [0, 0.05) is 6.92 Å². The minimum absolute atomic E-state index is 0.0231. The van der Waals surface area contributed by atoms with Gasteiger partial charge in [-0.1, -0.05) is 25.7 Å². The van der Waals surface area contributed by atoms with E-state index in [1.807, 2.05) is 19.9 Å². The average Bonchev–Trinajstić information content (AvgIpc) is 1.96. The summed E-state index contributed by atoms with van der Waals surface area (Å²) in [6, 6.07) is 0. The molecule has 13 heavy (non-hydrogen) atoms. The van der Waals surface area contributed by atoms with Gasteiger partial charge in [-0.05, 0) is 19.4 Å². The first kappa shape index (κ1) is 12.4. The molecule has 0 aromatic rings. The molecule has 0 fully saturated rings. The zero-order valence-corrected chi connectivity index (χ0v) is 10.5. The van der Waals surface area contributed by atoms with Crippen molar-refractivity contribution in [1.29, 1.82) is 0 Å². The van der Waals surface area contributed by atoms with Gasteiger partial charge in [-0.2, -0.15) is 0 Å². The van der Waals surface area contributed by atoms with Gasteiger partial charge in [0.25, 0.3) is 0 Å². The van der Waals surface area contributed by atoms with Crippen LogP contribution < -0.4 is 0 Å². The number of rotatable bonds is 3. The number of carbonyl (C=O) groups excluding carboxylic acids is 1. The van der Waals surface area contributed by atoms with Crippen molar-refractivity contribution in [3.63, 3.8) is 0 Å². The lowest BCUT2D eigenvalue weighted by Gasteiger charge is -2.28. The SMILES string of the molecule is C/C=C(\C)C(OC(C)=O)[Si](C)(C)C. The summed E-state index contributed by atoms with van der Waals surface area (Å²) in [5, 5.41) is 0. The summed E-state index contributed by atoms with van der Waals surface area (Å²) in [5.41, 5.74) is 1.18. The molecule has 76 valence electrons. The van der Waals surface area contributed by atoms with E-state index >= 15 is 0 Å². The van der Waals surface area contributed by atoms with Crippen LogP contribution in [0.3, 0.4) is 0 Å². The van der Waals surface area contributed by atoms with Crippen molar-refractivity contribution in [3.8, 4) is 0 Å². The van der Waals surface area contributed by atoms with E-state index in [9.17, 15) is 4.79 Å². The molecule has 0 rings (SSSR count). The summed E-state index contributed by atoms with van der Waals surface area (Å²) in [5.74, 6) is -0.186. The molecule has 2 nitrogen and oxygen atoms in total. The maximum atomic E-state index is 10.9. The van der Waals surface area contributed by atoms with Crippen molar-refractivity contribution < 1.29 is 9.53 Å². The number of hydrogen-bond donors (Lipinski definition) is 0. The molecular formula is C10H20O2Si. The highest BCUT2D eigenvalue weighted by atomic mass is 28.3. The molecule has 1 atom stereocenters. The lowest BCUT2D eigenvalue weighted by Crippen LogP contribution is -2.42. The fourth-order valence-electron chi connectivity index (χ4n) is 1.27. The molecule has 0 amide bonds. The molecule has 0 bridgehead atoms. The van der Waals surface area contributed by atoms with Crippen molar-refractivity contribution >= 4 is 14.0 Å². The second kappa shape index (κ2) is 4.60. The first-order valence-electron chi connectivity index (χ1n) is 4.59. The van der Waals surface area contributed by atoms with Gasteiger partial charge in [0.05, 0.1) is 8.07 Å². The van der Waals surface area contributed by atoms with E-state index in [-0.39, 0.29) is 11.7 Å². The summed E-state index contributed by atoms with van der Waals surface area (Å²) in [6.07, 6.45) is 2.02. The smallest absolute Gasteiger partial charge is 0.302 e. The van der Waals surface area contributed by atoms with Crippen LogP contribution in [0.5, 0.6) is 0 Å². The van der Waals surface area contributed by atoms with Crippen LogP contribution in [-0.2, 0) is 9.53 Å². The first-order valence-corrected chi connectivity index (χ1v) is 8.16. The van der Waals surface area contributed by atoms with Crippen molar-refractivity contribution in [1.82, 2.24) is 0 Å². The minimum atomic E-state index is -1.44. The van der Waals surface area contributed by atoms with Gasteiger partial charge in [0.2, 0.25) is 0 Å². The molecule has 0 aromatic carbocycles. The van der Waals surface area contributed by atoms with Crippen LogP contribution in [0.25, 0.3) is 0 Å². The van der Waals surface area contributed by atoms with Crippen molar-refractivity contribution in [2.24, 2.45) is 0 Å². The van der Waals surface area contributed by atoms with Gasteiger partial charge in [-0.3, -0.25) is 4.79 Å². The van der Waals surface area contributed by atoms with Crippen LogP contribution in [0.15, 0.2) is 11.6 Å². The second-order valence-corrected chi connectivity index (χ2v) is 9.64. The lowest BCUT2D eigenvalue weighted by molar-refractivity contribution is -0.141. The van der Waals surface area contributed by atoms with Crippen molar-refractivity contribution in [2.75, 3.05) is 0 Å². The average molecular weight is 200 g/mol. The molecule has 0 radical (unpaired) electrons. The molecule has 0 saturated heterocycles. The quantitative estimate of drug-likeness (QED) is 0.398. The predicted octanol–water partition coefficient (Wildman–Crippen LogP) is 2.76. The first-order chi connectivity index (χ1) is 5.79. The Morgan fingerprint density at radius 1 is 1.31 bits per heavy atom. The fourth-order valence-corrected chi connectivity index (χ4v) is 3.32. The summed E-state index contributed by atoms with van der Waals surface area (Å²) in [6.45, 7) is 12.1. The number of carbonyl (C=O) groups is 1. The molecule has 0 aliphatic heterocycles.